The molecule has 1 aromatic heterocycles. The highest BCUT2D eigenvalue weighted by Gasteiger charge is 2.35. The van der Waals surface area contributed by atoms with Gasteiger partial charge in [0.05, 0.1) is 11.7 Å². The molecule has 1 N–H and O–H groups in total. The van der Waals surface area contributed by atoms with E-state index in [-0.39, 0.29) is 18.1 Å². The van der Waals surface area contributed by atoms with Crippen LogP contribution in [0.3, 0.4) is 0 Å². The average Bonchev–Trinajstić information content (AvgIpc) is 3.21. The maximum atomic E-state index is 12.5. The molecule has 2 aromatic rings. The van der Waals surface area contributed by atoms with Crippen LogP contribution in [-0.2, 0) is 9.53 Å². The van der Waals surface area contributed by atoms with Gasteiger partial charge in [0.1, 0.15) is 25.0 Å². The lowest BCUT2D eigenvalue weighted by Gasteiger charge is -2.27. The average molecular weight is 383 g/mol. The molecule has 1 unspecified atom stereocenters. The van der Waals surface area contributed by atoms with Gasteiger partial charge < -0.3 is 14.5 Å². The minimum atomic E-state index is -0.542. The summed E-state index contributed by atoms with van der Waals surface area (Å²) in [6.45, 7) is 7.58. The van der Waals surface area contributed by atoms with E-state index in [0.717, 1.165) is 23.9 Å². The molecule has 0 saturated carbocycles. The van der Waals surface area contributed by atoms with E-state index in [4.69, 9.17) is 14.5 Å². The molecule has 0 bridgehead atoms. The fourth-order valence-corrected chi connectivity index (χ4v) is 3.32. The number of hydrogen-bond acceptors (Lipinski definition) is 5. The molecule has 7 nitrogen and oxygen atoms in total. The third-order valence-electron chi connectivity index (χ3n) is 4.46. The van der Waals surface area contributed by atoms with Crippen LogP contribution in [0.1, 0.15) is 52.4 Å². The van der Waals surface area contributed by atoms with E-state index in [1.54, 1.807) is 11.1 Å². The molecule has 3 rings (SSSR count). The van der Waals surface area contributed by atoms with Crippen molar-refractivity contribution in [2.24, 2.45) is 0 Å². The first-order chi connectivity index (χ1) is 13.1. The summed E-state index contributed by atoms with van der Waals surface area (Å²) < 4.78 is 10.9. The second kappa shape index (κ2) is 7.69. The number of esters is 1. The first-order valence-corrected chi connectivity index (χ1v) is 9.48. The normalized spacial score (nSPS) is 16.9. The minimum Gasteiger partial charge on any atom is -0.444 e. The lowest BCUT2D eigenvalue weighted by Crippen LogP contribution is -2.36. The Morgan fingerprint density at radius 3 is 2.75 bits per heavy atom. The van der Waals surface area contributed by atoms with E-state index in [1.165, 1.54) is 6.92 Å². The zero-order valence-electron chi connectivity index (χ0n) is 17.0. The van der Waals surface area contributed by atoms with Crippen molar-refractivity contribution >= 4 is 25.4 Å². The number of nitrogens with one attached hydrogen (secondary N) is 1. The first kappa shape index (κ1) is 20.0. The Balaban J connectivity index is 1.86. The number of nitrogens with zero attached hydrogens (tertiary/aromatic N) is 2. The van der Waals surface area contributed by atoms with Gasteiger partial charge in [-0.1, -0.05) is 11.5 Å². The van der Waals surface area contributed by atoms with Crippen molar-refractivity contribution in [1.29, 1.82) is 0 Å². The number of ether oxygens (including phenoxy) is 2. The maximum Gasteiger partial charge on any atom is 0.410 e. The molecule has 8 heteroatoms. The van der Waals surface area contributed by atoms with Crippen LogP contribution in [0, 0.1) is 0 Å². The Bertz CT molecular complexity index is 888. The summed E-state index contributed by atoms with van der Waals surface area (Å²) in [4.78, 5) is 33.6. The number of carbonyl (C=O) groups excluding carboxylic acids is 2. The largest absolute Gasteiger partial charge is 0.444 e. The number of hydrogen-bond donors (Lipinski definition) is 1. The molecule has 28 heavy (non-hydrogen) atoms. The van der Waals surface area contributed by atoms with E-state index >= 15 is 0 Å². The highest BCUT2D eigenvalue weighted by molar-refractivity contribution is 6.32. The third-order valence-corrected chi connectivity index (χ3v) is 4.46. The lowest BCUT2D eigenvalue weighted by atomic mass is 9.94. The first-order valence-electron chi connectivity index (χ1n) is 9.48. The molecule has 1 atom stereocenters. The number of aromatic amines is 1. The summed E-state index contributed by atoms with van der Waals surface area (Å²) in [5, 5.41) is 0. The van der Waals surface area contributed by atoms with Gasteiger partial charge in [-0.05, 0) is 45.7 Å². The molecule has 1 aromatic carbocycles. The summed E-state index contributed by atoms with van der Waals surface area (Å²) in [5.41, 5.74) is 1.84. The van der Waals surface area contributed by atoms with Crippen LogP contribution >= 0.6 is 0 Å². The summed E-state index contributed by atoms with van der Waals surface area (Å²) in [7, 11) is 1.93. The zero-order chi connectivity index (χ0) is 20.5. The lowest BCUT2D eigenvalue weighted by molar-refractivity contribution is -0.131. The molecule has 1 aliphatic heterocycles. The van der Waals surface area contributed by atoms with Crippen molar-refractivity contribution in [3.8, 4) is 17.0 Å². The molecule has 2 heterocycles. The van der Waals surface area contributed by atoms with Crippen LogP contribution in [-0.4, -0.2) is 46.9 Å². The highest BCUT2D eigenvalue weighted by atomic mass is 16.6. The Morgan fingerprint density at radius 2 is 2.07 bits per heavy atom. The van der Waals surface area contributed by atoms with Gasteiger partial charge in [-0.15, -0.1) is 0 Å². The number of carbonyl (C=O) groups is 2. The monoisotopic (exact) mass is 383 g/mol. The molecule has 1 fully saturated rings. The summed E-state index contributed by atoms with van der Waals surface area (Å²) in [5.74, 6) is 0.795. The minimum absolute atomic E-state index is 0.161. The fraction of sp³-hybridized carbons (Fsp3) is 0.450. The van der Waals surface area contributed by atoms with Gasteiger partial charge in [-0.25, -0.2) is 9.78 Å². The van der Waals surface area contributed by atoms with Crippen molar-refractivity contribution in [2.75, 3.05) is 6.54 Å². The maximum absolute atomic E-state index is 12.5. The van der Waals surface area contributed by atoms with Crippen LogP contribution in [0.5, 0.6) is 5.75 Å². The fourth-order valence-electron chi connectivity index (χ4n) is 3.32. The van der Waals surface area contributed by atoms with E-state index in [1.807, 2.05) is 46.8 Å². The summed E-state index contributed by atoms with van der Waals surface area (Å²) in [6, 6.07) is 5.48. The van der Waals surface area contributed by atoms with Gasteiger partial charge in [-0.2, -0.15) is 0 Å². The van der Waals surface area contributed by atoms with Gasteiger partial charge in [0, 0.05) is 25.2 Å². The Kier molecular flexibility index (Phi) is 5.49. The van der Waals surface area contributed by atoms with Gasteiger partial charge in [-0.3, -0.25) is 9.69 Å². The van der Waals surface area contributed by atoms with Gasteiger partial charge in [0.2, 0.25) is 0 Å². The number of benzene rings is 1. The number of aromatic nitrogens is 2. The van der Waals surface area contributed by atoms with Crippen molar-refractivity contribution in [1.82, 2.24) is 14.9 Å². The predicted octanol–water partition coefficient (Wildman–Crippen LogP) is 2.33. The molecule has 1 aliphatic rings. The van der Waals surface area contributed by atoms with Crippen LogP contribution < -0.4 is 10.2 Å². The number of likely N-dealkylation sites (tertiary alicyclic amines) is 1. The van der Waals surface area contributed by atoms with Crippen LogP contribution in [0.15, 0.2) is 24.4 Å². The van der Waals surface area contributed by atoms with Crippen molar-refractivity contribution in [3.05, 3.63) is 30.2 Å². The summed E-state index contributed by atoms with van der Waals surface area (Å²) >= 11 is 0. The van der Waals surface area contributed by atoms with Gasteiger partial charge in [0.25, 0.3) is 0 Å². The third kappa shape index (κ3) is 4.55. The molecule has 0 spiro atoms. The predicted molar refractivity (Wildman–Crippen MR) is 108 cm³/mol. The smallest absolute Gasteiger partial charge is 0.410 e. The van der Waals surface area contributed by atoms with Crippen LogP contribution in [0.25, 0.3) is 11.3 Å². The zero-order valence-corrected chi connectivity index (χ0v) is 17.0. The molecular weight excluding hydrogens is 357 g/mol. The summed E-state index contributed by atoms with van der Waals surface area (Å²) in [6.07, 6.45) is 3.16. The molecule has 1 amide bonds. The van der Waals surface area contributed by atoms with E-state index in [9.17, 15) is 9.59 Å². The van der Waals surface area contributed by atoms with Gasteiger partial charge >= 0.3 is 12.1 Å². The Hall–Kier alpha value is -2.77. The van der Waals surface area contributed by atoms with Crippen molar-refractivity contribution in [2.45, 2.75) is 52.2 Å². The van der Waals surface area contributed by atoms with E-state index in [2.05, 4.69) is 4.98 Å². The van der Waals surface area contributed by atoms with Gasteiger partial charge in [0.15, 0.2) is 0 Å². The van der Waals surface area contributed by atoms with Crippen molar-refractivity contribution < 1.29 is 19.1 Å². The Labute approximate surface area is 165 Å². The topological polar surface area (TPSA) is 84.5 Å². The second-order valence-electron chi connectivity index (χ2n) is 8.10. The number of imidazole rings is 1. The number of rotatable bonds is 3. The quantitative estimate of drug-likeness (QED) is 0.500. The SMILES string of the molecule is Bc1ccc(-c2c[nH]c(C3CCCN3C(=O)OC(C)(C)C)n2)c(OC(C)=O)c1. The van der Waals surface area contributed by atoms with E-state index < -0.39 is 5.60 Å². The number of amides is 1. The molecule has 0 radical (unpaired) electrons. The molecular formula is C20H26BN3O4. The molecule has 1 saturated heterocycles. The van der Waals surface area contributed by atoms with Crippen LogP contribution in [0.2, 0.25) is 0 Å². The second-order valence-corrected chi connectivity index (χ2v) is 8.10. The molecule has 0 aliphatic carbocycles. The van der Waals surface area contributed by atoms with Crippen molar-refractivity contribution in [3.63, 3.8) is 0 Å². The van der Waals surface area contributed by atoms with Crippen LogP contribution in [0.4, 0.5) is 4.79 Å². The standard InChI is InChI=1S/C20H26BN3O4/c1-12(25)27-17-10-13(21)7-8-14(17)15-11-22-18(23-15)16-6-5-9-24(16)19(26)28-20(2,3)4/h7-8,10-11,16H,5-6,9,21H2,1-4H3,(H,22,23). The van der Waals surface area contributed by atoms with E-state index in [0.29, 0.717) is 23.8 Å². The molecule has 148 valence electrons. The highest BCUT2D eigenvalue weighted by Crippen LogP contribution is 2.34. The Morgan fingerprint density at radius 1 is 1.32 bits per heavy atom. The number of H-pyrrole nitrogens is 1.